The summed E-state index contributed by atoms with van der Waals surface area (Å²) in [6.45, 7) is 3.68. The second kappa shape index (κ2) is 12.0. The van der Waals surface area contributed by atoms with Crippen molar-refractivity contribution in [3.8, 4) is 40.1 Å². The molecule has 0 saturated heterocycles. The Hall–Kier alpha value is -4.34. The quantitative estimate of drug-likeness (QED) is 0.173. The van der Waals surface area contributed by atoms with Crippen molar-refractivity contribution in [1.29, 1.82) is 0 Å². The van der Waals surface area contributed by atoms with Gasteiger partial charge in [-0.25, -0.2) is 9.59 Å². The second-order valence-electron chi connectivity index (χ2n) is 6.80. The molecule has 0 aliphatic rings. The van der Waals surface area contributed by atoms with Gasteiger partial charge in [-0.15, -0.1) is 0 Å². The summed E-state index contributed by atoms with van der Waals surface area (Å²) in [5, 5.41) is 4.01. The van der Waals surface area contributed by atoms with Gasteiger partial charge >= 0.3 is 12.1 Å². The minimum Gasteiger partial charge on any atom is -0.493 e. The monoisotopic (exact) mass is 468 g/mol. The summed E-state index contributed by atoms with van der Waals surface area (Å²) < 4.78 is 30.9. The normalized spacial score (nSPS) is 10.3. The van der Waals surface area contributed by atoms with Gasteiger partial charge < -0.3 is 28.2 Å². The van der Waals surface area contributed by atoms with Crippen molar-refractivity contribution in [3.05, 3.63) is 55.1 Å². The molecule has 10 heteroatoms. The van der Waals surface area contributed by atoms with Crippen LogP contribution < -0.4 is 14.2 Å². The van der Waals surface area contributed by atoms with Crippen LogP contribution in [-0.4, -0.2) is 49.7 Å². The first kappa shape index (κ1) is 24.3. The fourth-order valence-corrected chi connectivity index (χ4v) is 2.82. The molecule has 3 rings (SSSR count). The maximum Gasteiger partial charge on any atom is 0.513 e. The molecule has 0 atom stereocenters. The molecule has 0 N–H and O–H groups in total. The van der Waals surface area contributed by atoms with E-state index in [0.717, 1.165) is 6.08 Å². The lowest BCUT2D eigenvalue weighted by molar-refractivity contribution is -0.137. The first-order chi connectivity index (χ1) is 16.5. The van der Waals surface area contributed by atoms with Crippen molar-refractivity contribution >= 4 is 12.1 Å². The highest BCUT2D eigenvalue weighted by Crippen LogP contribution is 2.32. The number of ether oxygens (including phenoxy) is 5. The van der Waals surface area contributed by atoms with Crippen molar-refractivity contribution in [3.63, 3.8) is 0 Å². The predicted octanol–water partition coefficient (Wildman–Crippen LogP) is 4.45. The largest absolute Gasteiger partial charge is 0.513 e. The zero-order chi connectivity index (χ0) is 24.3. The number of aromatic nitrogens is 2. The molecule has 0 amide bonds. The third-order valence-electron chi connectivity index (χ3n) is 4.54. The van der Waals surface area contributed by atoms with Crippen molar-refractivity contribution in [2.75, 3.05) is 27.4 Å². The van der Waals surface area contributed by atoms with E-state index in [-0.39, 0.29) is 13.2 Å². The van der Waals surface area contributed by atoms with E-state index in [9.17, 15) is 9.59 Å². The van der Waals surface area contributed by atoms with Gasteiger partial charge in [0.25, 0.3) is 5.89 Å². The number of carbonyl (C=O) groups excluding carboxylic acids is 2. The highest BCUT2D eigenvalue weighted by Gasteiger charge is 2.14. The van der Waals surface area contributed by atoms with Crippen LogP contribution in [0.4, 0.5) is 4.79 Å². The zero-order valence-electron chi connectivity index (χ0n) is 18.8. The maximum absolute atomic E-state index is 11.8. The molecule has 0 aliphatic carbocycles. The lowest BCUT2D eigenvalue weighted by Crippen LogP contribution is -2.12. The zero-order valence-corrected chi connectivity index (χ0v) is 18.8. The van der Waals surface area contributed by atoms with Gasteiger partial charge in [0.15, 0.2) is 11.5 Å². The lowest BCUT2D eigenvalue weighted by Gasteiger charge is -2.07. The van der Waals surface area contributed by atoms with Gasteiger partial charge in [-0.05, 0) is 55.3 Å². The van der Waals surface area contributed by atoms with Gasteiger partial charge in [-0.3, -0.25) is 0 Å². The van der Waals surface area contributed by atoms with E-state index in [0.29, 0.717) is 52.9 Å². The topological polar surface area (TPSA) is 119 Å². The standard InChI is InChI=1S/C24H24N2O8/c1-4-21(27)31-13-5-6-14-32-24(28)33-18-10-7-16(8-11-18)22-25-23(34-26-22)17-9-12-19(29-2)20(15-17)30-3/h4,7-12,15H,1,5-6,13-14H2,2-3H3. The summed E-state index contributed by atoms with van der Waals surface area (Å²) in [6, 6.07) is 11.9. The van der Waals surface area contributed by atoms with Crippen molar-refractivity contribution in [2.45, 2.75) is 12.8 Å². The number of carbonyl (C=O) groups is 2. The van der Waals surface area contributed by atoms with E-state index in [1.54, 1.807) is 56.7 Å². The molecule has 0 radical (unpaired) electrons. The molecule has 0 spiro atoms. The Morgan fingerprint density at radius 3 is 2.29 bits per heavy atom. The number of esters is 1. The number of hydrogen-bond acceptors (Lipinski definition) is 10. The van der Waals surface area contributed by atoms with Crippen LogP contribution in [0, 0.1) is 0 Å². The SMILES string of the molecule is C=CC(=O)OCCCCOC(=O)Oc1ccc(-c2noc(-c3ccc(OC)c(OC)c3)n2)cc1. The molecule has 10 nitrogen and oxygen atoms in total. The molecule has 1 heterocycles. The van der Waals surface area contributed by atoms with Gasteiger partial charge in [0.05, 0.1) is 27.4 Å². The van der Waals surface area contributed by atoms with Crippen LogP contribution in [0.5, 0.6) is 17.2 Å². The minimum atomic E-state index is -0.828. The molecule has 178 valence electrons. The first-order valence-electron chi connectivity index (χ1n) is 10.3. The van der Waals surface area contributed by atoms with Gasteiger partial charge in [0.1, 0.15) is 5.75 Å². The second-order valence-corrected chi connectivity index (χ2v) is 6.80. The summed E-state index contributed by atoms with van der Waals surface area (Å²) in [4.78, 5) is 27.1. The average Bonchev–Trinajstić information content (AvgIpc) is 3.36. The lowest BCUT2D eigenvalue weighted by atomic mass is 10.2. The summed E-state index contributed by atoms with van der Waals surface area (Å²) in [5.74, 6) is 1.65. The fraction of sp³-hybridized carbons (Fsp3) is 0.250. The molecule has 0 fully saturated rings. The Bertz CT molecular complexity index is 1120. The summed E-state index contributed by atoms with van der Waals surface area (Å²) in [5.41, 5.74) is 1.35. The Morgan fingerprint density at radius 1 is 0.941 bits per heavy atom. The van der Waals surface area contributed by atoms with Gasteiger partial charge in [0.2, 0.25) is 5.82 Å². The molecular formula is C24H24N2O8. The molecule has 1 aromatic heterocycles. The smallest absolute Gasteiger partial charge is 0.493 e. The molecule has 2 aromatic carbocycles. The van der Waals surface area contributed by atoms with Crippen LogP contribution in [-0.2, 0) is 14.3 Å². The van der Waals surface area contributed by atoms with E-state index >= 15 is 0 Å². The Morgan fingerprint density at radius 2 is 1.62 bits per heavy atom. The highest BCUT2D eigenvalue weighted by molar-refractivity contribution is 5.81. The first-order valence-corrected chi connectivity index (χ1v) is 10.3. The Kier molecular flexibility index (Phi) is 8.61. The molecular weight excluding hydrogens is 444 g/mol. The van der Waals surface area contributed by atoms with Crippen molar-refractivity contribution < 1.29 is 37.8 Å². The molecule has 34 heavy (non-hydrogen) atoms. The van der Waals surface area contributed by atoms with E-state index in [2.05, 4.69) is 16.7 Å². The average molecular weight is 468 g/mol. The van der Waals surface area contributed by atoms with E-state index in [4.69, 9.17) is 28.2 Å². The van der Waals surface area contributed by atoms with Crippen molar-refractivity contribution in [1.82, 2.24) is 10.1 Å². The van der Waals surface area contributed by atoms with E-state index in [1.165, 1.54) is 0 Å². The van der Waals surface area contributed by atoms with Crippen LogP contribution in [0.25, 0.3) is 22.8 Å². The Balaban J connectivity index is 1.51. The number of hydrogen-bond donors (Lipinski definition) is 0. The van der Waals surface area contributed by atoms with E-state index < -0.39 is 12.1 Å². The summed E-state index contributed by atoms with van der Waals surface area (Å²) in [7, 11) is 3.10. The minimum absolute atomic E-state index is 0.143. The highest BCUT2D eigenvalue weighted by atomic mass is 16.7. The summed E-state index contributed by atoms with van der Waals surface area (Å²) >= 11 is 0. The number of rotatable bonds is 11. The maximum atomic E-state index is 11.8. The van der Waals surface area contributed by atoms with Crippen LogP contribution in [0.1, 0.15) is 12.8 Å². The molecule has 3 aromatic rings. The van der Waals surface area contributed by atoms with Crippen LogP contribution in [0.3, 0.4) is 0 Å². The van der Waals surface area contributed by atoms with E-state index in [1.807, 2.05) is 0 Å². The van der Waals surface area contributed by atoms with Gasteiger partial charge in [-0.2, -0.15) is 4.98 Å². The predicted molar refractivity (Wildman–Crippen MR) is 121 cm³/mol. The van der Waals surface area contributed by atoms with Crippen LogP contribution in [0.2, 0.25) is 0 Å². The number of nitrogens with zero attached hydrogens (tertiary/aromatic N) is 2. The number of unbranched alkanes of at least 4 members (excludes halogenated alkanes) is 1. The van der Waals surface area contributed by atoms with Gasteiger partial charge in [-0.1, -0.05) is 11.7 Å². The van der Waals surface area contributed by atoms with Gasteiger partial charge in [0, 0.05) is 17.2 Å². The van der Waals surface area contributed by atoms with Crippen molar-refractivity contribution in [2.24, 2.45) is 0 Å². The number of methoxy groups -OCH3 is 2. The summed E-state index contributed by atoms with van der Waals surface area (Å²) in [6.07, 6.45) is 1.34. The molecule has 0 bridgehead atoms. The number of benzene rings is 2. The molecule has 0 unspecified atom stereocenters. The fourth-order valence-electron chi connectivity index (χ4n) is 2.82. The third kappa shape index (κ3) is 6.58. The van der Waals surface area contributed by atoms with Crippen LogP contribution in [0.15, 0.2) is 59.6 Å². The molecule has 0 saturated carbocycles. The molecule has 0 aliphatic heterocycles. The van der Waals surface area contributed by atoms with Crippen LogP contribution >= 0.6 is 0 Å². The Labute approximate surface area is 196 Å². The third-order valence-corrected chi connectivity index (χ3v) is 4.54.